The first-order chi connectivity index (χ1) is 12.7. The molecule has 1 aromatic carbocycles. The first kappa shape index (κ1) is 16.9. The van der Waals surface area contributed by atoms with Gasteiger partial charge in [0.1, 0.15) is 5.56 Å². The molecule has 1 aliphatic heterocycles. The van der Waals surface area contributed by atoms with Gasteiger partial charge in [0.15, 0.2) is 4.96 Å². The van der Waals surface area contributed by atoms with Crippen molar-refractivity contribution in [3.63, 3.8) is 0 Å². The highest BCUT2D eigenvalue weighted by Crippen LogP contribution is 2.22. The van der Waals surface area contributed by atoms with E-state index in [1.54, 1.807) is 16.5 Å². The summed E-state index contributed by atoms with van der Waals surface area (Å²) in [7, 11) is 0. The Bertz CT molecular complexity index is 1010. The first-order valence-corrected chi connectivity index (χ1v) is 9.46. The fraction of sp³-hybridized carbons (Fsp3) is 0.316. The zero-order chi connectivity index (χ0) is 18.1. The van der Waals surface area contributed by atoms with Crippen LogP contribution >= 0.6 is 11.3 Å². The van der Waals surface area contributed by atoms with Gasteiger partial charge in [-0.05, 0) is 29.9 Å². The van der Waals surface area contributed by atoms with Gasteiger partial charge in [-0.2, -0.15) is 0 Å². The number of aromatic nitrogens is 2. The van der Waals surface area contributed by atoms with E-state index in [1.807, 2.05) is 24.3 Å². The van der Waals surface area contributed by atoms with Crippen molar-refractivity contribution in [2.75, 3.05) is 13.1 Å². The molecule has 1 amide bonds. The number of likely N-dealkylation sites (tertiary alicyclic amines) is 1. The summed E-state index contributed by atoms with van der Waals surface area (Å²) in [4.78, 5) is 31.8. The third-order valence-electron chi connectivity index (χ3n) is 4.84. The molecule has 134 valence electrons. The van der Waals surface area contributed by atoms with Crippen LogP contribution in [0.15, 0.2) is 46.8 Å². The summed E-state index contributed by atoms with van der Waals surface area (Å²) in [5, 5.41) is 11.0. The molecule has 3 heterocycles. The summed E-state index contributed by atoms with van der Waals surface area (Å²) in [6.07, 6.45) is 4.81. The van der Waals surface area contributed by atoms with Gasteiger partial charge >= 0.3 is 0 Å². The zero-order valence-corrected chi connectivity index (χ0v) is 15.0. The third kappa shape index (κ3) is 3.15. The van der Waals surface area contributed by atoms with Gasteiger partial charge in [0, 0.05) is 30.9 Å². The SMILES string of the molecule is O=C(c1cnc2sccn2c1=O)N1CC[C@H](Cc2cccc(CO)c2)C1. The lowest BCUT2D eigenvalue weighted by molar-refractivity contribution is 0.0784. The maximum absolute atomic E-state index is 12.8. The Kier molecular flexibility index (Phi) is 4.57. The number of hydrogen-bond donors (Lipinski definition) is 1. The zero-order valence-electron chi connectivity index (χ0n) is 14.2. The van der Waals surface area contributed by atoms with Crippen molar-refractivity contribution in [2.45, 2.75) is 19.4 Å². The number of carbonyl (C=O) groups is 1. The van der Waals surface area contributed by atoms with Crippen molar-refractivity contribution in [1.29, 1.82) is 0 Å². The maximum atomic E-state index is 12.8. The molecule has 0 aliphatic carbocycles. The van der Waals surface area contributed by atoms with Gasteiger partial charge in [-0.1, -0.05) is 24.3 Å². The molecule has 1 atom stereocenters. The van der Waals surface area contributed by atoms with Gasteiger partial charge in [-0.15, -0.1) is 11.3 Å². The number of amides is 1. The van der Waals surface area contributed by atoms with E-state index in [-0.39, 0.29) is 23.6 Å². The number of nitrogens with zero attached hydrogens (tertiary/aromatic N) is 3. The van der Waals surface area contributed by atoms with E-state index in [9.17, 15) is 14.7 Å². The minimum Gasteiger partial charge on any atom is -0.392 e. The summed E-state index contributed by atoms with van der Waals surface area (Å²) in [5.74, 6) is 0.114. The van der Waals surface area contributed by atoms with Crippen LogP contribution in [0.1, 0.15) is 27.9 Å². The summed E-state index contributed by atoms with van der Waals surface area (Å²) in [6.45, 7) is 1.31. The van der Waals surface area contributed by atoms with Crippen LogP contribution in [0.3, 0.4) is 0 Å². The molecule has 1 N–H and O–H groups in total. The lowest BCUT2D eigenvalue weighted by Gasteiger charge is -2.16. The number of aliphatic hydroxyl groups excluding tert-OH is 1. The molecule has 0 bridgehead atoms. The number of fused-ring (bicyclic) bond motifs is 1. The molecule has 2 aromatic heterocycles. The number of benzene rings is 1. The maximum Gasteiger partial charge on any atom is 0.271 e. The fourth-order valence-corrected chi connectivity index (χ4v) is 4.19. The summed E-state index contributed by atoms with van der Waals surface area (Å²) >= 11 is 1.37. The highest BCUT2D eigenvalue weighted by atomic mass is 32.1. The van der Waals surface area contributed by atoms with Crippen LogP contribution in [0.4, 0.5) is 0 Å². The molecule has 0 spiro atoms. The summed E-state index contributed by atoms with van der Waals surface area (Å²) in [5.41, 5.74) is 1.89. The van der Waals surface area contributed by atoms with Crippen molar-refractivity contribution < 1.29 is 9.90 Å². The second-order valence-electron chi connectivity index (χ2n) is 6.62. The first-order valence-electron chi connectivity index (χ1n) is 8.58. The number of hydrogen-bond acceptors (Lipinski definition) is 5. The van der Waals surface area contributed by atoms with E-state index in [0.717, 1.165) is 24.0 Å². The van der Waals surface area contributed by atoms with E-state index < -0.39 is 0 Å². The van der Waals surface area contributed by atoms with E-state index >= 15 is 0 Å². The molecule has 0 radical (unpaired) electrons. The third-order valence-corrected chi connectivity index (χ3v) is 5.62. The highest BCUT2D eigenvalue weighted by molar-refractivity contribution is 7.15. The minimum absolute atomic E-state index is 0.0329. The molecule has 3 aromatic rings. The normalized spacial score (nSPS) is 17.1. The molecule has 1 aliphatic rings. The number of aliphatic hydroxyl groups is 1. The van der Waals surface area contributed by atoms with Crippen molar-refractivity contribution >= 4 is 22.2 Å². The van der Waals surface area contributed by atoms with Gasteiger partial charge < -0.3 is 10.0 Å². The standard InChI is InChI=1S/C19H19N3O3S/c23-12-15-3-1-2-13(9-15)8-14-4-5-21(11-14)17(24)16-10-20-19-22(18(16)25)6-7-26-19/h1-3,6-7,9-10,14,23H,4-5,8,11-12H2/t14-/m1/s1. The number of rotatable bonds is 4. The number of thiazole rings is 1. The molecule has 7 heteroatoms. The van der Waals surface area contributed by atoms with Gasteiger partial charge in [-0.3, -0.25) is 14.0 Å². The molecular formula is C19H19N3O3S. The van der Waals surface area contributed by atoms with E-state index in [1.165, 1.54) is 21.9 Å². The lowest BCUT2D eigenvalue weighted by atomic mass is 9.97. The summed E-state index contributed by atoms with van der Waals surface area (Å²) in [6, 6.07) is 7.90. The van der Waals surface area contributed by atoms with Gasteiger partial charge in [0.25, 0.3) is 11.5 Å². The van der Waals surface area contributed by atoms with Gasteiger partial charge in [0.05, 0.1) is 6.61 Å². The second-order valence-corrected chi connectivity index (χ2v) is 7.49. The Hall–Kier alpha value is -2.51. The predicted octanol–water partition coefficient (Wildman–Crippen LogP) is 1.95. The summed E-state index contributed by atoms with van der Waals surface area (Å²) < 4.78 is 1.42. The average molecular weight is 369 g/mol. The molecule has 1 fully saturated rings. The Labute approximate surface area is 154 Å². The Balaban J connectivity index is 1.48. The van der Waals surface area contributed by atoms with Crippen LogP contribution in [0, 0.1) is 5.92 Å². The Morgan fingerprint density at radius 3 is 3.04 bits per heavy atom. The van der Waals surface area contributed by atoms with E-state index in [0.29, 0.717) is 24.0 Å². The second kappa shape index (κ2) is 7.01. The largest absolute Gasteiger partial charge is 0.392 e. The smallest absolute Gasteiger partial charge is 0.271 e. The number of carbonyl (C=O) groups excluding carboxylic acids is 1. The van der Waals surface area contributed by atoms with Crippen molar-refractivity contribution in [2.24, 2.45) is 5.92 Å². The quantitative estimate of drug-likeness (QED) is 0.763. The van der Waals surface area contributed by atoms with Crippen LogP contribution in [-0.2, 0) is 13.0 Å². The Morgan fingerprint density at radius 2 is 2.19 bits per heavy atom. The topological polar surface area (TPSA) is 74.9 Å². The monoisotopic (exact) mass is 369 g/mol. The van der Waals surface area contributed by atoms with Crippen LogP contribution in [-0.4, -0.2) is 38.4 Å². The predicted molar refractivity (Wildman–Crippen MR) is 99.4 cm³/mol. The average Bonchev–Trinajstić information content (AvgIpc) is 3.31. The molecule has 0 unspecified atom stereocenters. The molecule has 4 rings (SSSR count). The van der Waals surface area contributed by atoms with Crippen molar-refractivity contribution in [3.05, 3.63) is 69.1 Å². The highest BCUT2D eigenvalue weighted by Gasteiger charge is 2.29. The molecule has 26 heavy (non-hydrogen) atoms. The van der Waals surface area contributed by atoms with Crippen LogP contribution in [0.2, 0.25) is 0 Å². The minimum atomic E-state index is -0.305. The van der Waals surface area contributed by atoms with Crippen molar-refractivity contribution in [3.8, 4) is 0 Å². The van der Waals surface area contributed by atoms with E-state index in [4.69, 9.17) is 0 Å². The van der Waals surface area contributed by atoms with Gasteiger partial charge in [0.2, 0.25) is 0 Å². The fourth-order valence-electron chi connectivity index (χ4n) is 3.51. The van der Waals surface area contributed by atoms with Crippen molar-refractivity contribution in [1.82, 2.24) is 14.3 Å². The van der Waals surface area contributed by atoms with Crippen LogP contribution in [0.5, 0.6) is 0 Å². The van der Waals surface area contributed by atoms with Crippen LogP contribution < -0.4 is 5.56 Å². The Morgan fingerprint density at radius 1 is 1.35 bits per heavy atom. The van der Waals surface area contributed by atoms with Crippen LogP contribution in [0.25, 0.3) is 4.96 Å². The molecule has 6 nitrogen and oxygen atoms in total. The lowest BCUT2D eigenvalue weighted by Crippen LogP contribution is -2.34. The van der Waals surface area contributed by atoms with E-state index in [2.05, 4.69) is 4.98 Å². The van der Waals surface area contributed by atoms with Gasteiger partial charge in [-0.25, -0.2) is 4.98 Å². The molecular weight excluding hydrogens is 350 g/mol. The molecule has 1 saturated heterocycles. The molecule has 0 saturated carbocycles.